The van der Waals surface area contributed by atoms with Crippen molar-refractivity contribution in [1.29, 1.82) is 0 Å². The number of carbonyl (C=O) groups excluding carboxylic acids is 1. The van der Waals surface area contributed by atoms with Gasteiger partial charge in [-0.3, -0.25) is 9.48 Å². The maximum atomic E-state index is 12.4. The Hall–Kier alpha value is -2.30. The first-order chi connectivity index (χ1) is 11.5. The number of hydrogen-bond acceptors (Lipinski definition) is 3. The molecular formula is C19H25N3O2. The Balaban J connectivity index is 1.64. The molecule has 1 aromatic heterocycles. The lowest BCUT2D eigenvalue weighted by Crippen LogP contribution is -2.34. The maximum Gasteiger partial charge on any atom is 0.258 e. The molecule has 1 N–H and O–H groups in total. The molecule has 24 heavy (non-hydrogen) atoms. The van der Waals surface area contributed by atoms with E-state index < -0.39 is 0 Å². The molecule has 1 aromatic carbocycles. The summed E-state index contributed by atoms with van der Waals surface area (Å²) in [5.74, 6) is 1.77. The maximum absolute atomic E-state index is 12.4. The van der Waals surface area contributed by atoms with Gasteiger partial charge in [0.15, 0.2) is 12.4 Å². The lowest BCUT2D eigenvalue weighted by molar-refractivity contribution is -0.124. The van der Waals surface area contributed by atoms with E-state index >= 15 is 0 Å². The van der Waals surface area contributed by atoms with Crippen LogP contribution in [-0.4, -0.2) is 22.3 Å². The van der Waals surface area contributed by atoms with Gasteiger partial charge in [-0.25, -0.2) is 0 Å². The molecule has 0 aliphatic heterocycles. The Morgan fingerprint density at radius 2 is 2.04 bits per heavy atom. The van der Waals surface area contributed by atoms with Crippen LogP contribution in [0.1, 0.15) is 36.3 Å². The number of carbonyl (C=O) groups is 1. The van der Waals surface area contributed by atoms with Gasteiger partial charge in [0, 0.05) is 7.05 Å². The predicted molar refractivity (Wildman–Crippen MR) is 92.8 cm³/mol. The van der Waals surface area contributed by atoms with Crippen LogP contribution in [0.4, 0.5) is 0 Å². The number of ether oxygens (including phenoxy) is 1. The van der Waals surface area contributed by atoms with Crippen LogP contribution in [0.3, 0.4) is 0 Å². The van der Waals surface area contributed by atoms with Gasteiger partial charge in [0.1, 0.15) is 5.69 Å². The minimum Gasteiger partial charge on any atom is -0.480 e. The number of benzene rings is 1. The summed E-state index contributed by atoms with van der Waals surface area (Å²) in [6.45, 7) is 6.06. The normalized spacial score (nSPS) is 20.5. The molecule has 2 aromatic rings. The molecule has 5 heteroatoms. The number of nitrogens with zero attached hydrogens (tertiary/aromatic N) is 2. The predicted octanol–water partition coefficient (Wildman–Crippen LogP) is 2.93. The Bertz CT molecular complexity index is 724. The van der Waals surface area contributed by atoms with E-state index in [1.807, 2.05) is 39.1 Å². The van der Waals surface area contributed by atoms with Gasteiger partial charge in [0.05, 0.1) is 11.7 Å². The van der Waals surface area contributed by atoms with Crippen molar-refractivity contribution < 1.29 is 9.53 Å². The molecule has 3 atom stereocenters. The average Bonchev–Trinajstić information content (AvgIpc) is 3.23. The van der Waals surface area contributed by atoms with Crippen LogP contribution in [0, 0.1) is 25.7 Å². The quantitative estimate of drug-likeness (QED) is 0.887. The van der Waals surface area contributed by atoms with Crippen LogP contribution in [0.25, 0.3) is 0 Å². The van der Waals surface area contributed by atoms with Gasteiger partial charge >= 0.3 is 0 Å². The number of amides is 1. The van der Waals surface area contributed by atoms with Crippen molar-refractivity contribution in [3.05, 3.63) is 47.3 Å². The molecule has 1 aliphatic rings. The highest BCUT2D eigenvalue weighted by atomic mass is 16.5. The largest absolute Gasteiger partial charge is 0.480 e. The van der Waals surface area contributed by atoms with Crippen molar-refractivity contribution in [2.75, 3.05) is 6.61 Å². The molecule has 128 valence electrons. The standard InChI is InChI=1S/C19H25N3O2/c1-12-10-16(12)18(15-8-6-5-7-9-15)20-17(23)11-24-19-13(2)21-22(4)14(19)3/h5-9,12,16,18H,10-11H2,1-4H3,(H,20,23)/t12-,16-,18+/m0/s1. The van der Waals surface area contributed by atoms with Gasteiger partial charge in [0.25, 0.3) is 5.91 Å². The number of nitrogens with one attached hydrogen (secondary N) is 1. The van der Waals surface area contributed by atoms with E-state index in [1.54, 1.807) is 4.68 Å². The van der Waals surface area contributed by atoms with Crippen LogP contribution in [0.15, 0.2) is 30.3 Å². The minimum atomic E-state index is -0.0920. The summed E-state index contributed by atoms with van der Waals surface area (Å²) >= 11 is 0. The molecular weight excluding hydrogens is 302 g/mol. The zero-order chi connectivity index (χ0) is 17.3. The lowest BCUT2D eigenvalue weighted by Gasteiger charge is -2.19. The topological polar surface area (TPSA) is 56.2 Å². The second-order valence-electron chi connectivity index (χ2n) is 6.74. The van der Waals surface area contributed by atoms with E-state index in [1.165, 1.54) is 0 Å². The SMILES string of the molecule is Cc1nn(C)c(C)c1OCC(=O)N[C@H](c1ccccc1)[C@H]1C[C@@H]1C. The van der Waals surface area contributed by atoms with E-state index in [0.29, 0.717) is 17.6 Å². The first kappa shape index (κ1) is 16.6. The van der Waals surface area contributed by atoms with Crippen molar-refractivity contribution in [3.63, 3.8) is 0 Å². The van der Waals surface area contributed by atoms with E-state index in [2.05, 4.69) is 29.5 Å². The fraction of sp³-hybridized carbons (Fsp3) is 0.474. The zero-order valence-corrected chi connectivity index (χ0v) is 14.7. The van der Waals surface area contributed by atoms with Gasteiger partial charge in [0.2, 0.25) is 0 Å². The molecule has 0 unspecified atom stereocenters. The van der Waals surface area contributed by atoms with Crippen LogP contribution >= 0.6 is 0 Å². The van der Waals surface area contributed by atoms with Gasteiger partial charge in [-0.05, 0) is 37.7 Å². The van der Waals surface area contributed by atoms with E-state index in [0.717, 1.165) is 23.4 Å². The van der Waals surface area contributed by atoms with Crippen molar-refractivity contribution in [2.24, 2.45) is 18.9 Å². The summed E-state index contributed by atoms with van der Waals surface area (Å²) in [6, 6.07) is 10.2. The summed E-state index contributed by atoms with van der Waals surface area (Å²) in [6.07, 6.45) is 1.15. The van der Waals surface area contributed by atoms with Crippen LogP contribution < -0.4 is 10.1 Å². The Labute approximate surface area is 143 Å². The van der Waals surface area contributed by atoms with Crippen molar-refractivity contribution in [2.45, 2.75) is 33.2 Å². The fourth-order valence-electron chi connectivity index (χ4n) is 3.23. The fourth-order valence-corrected chi connectivity index (χ4v) is 3.23. The van der Waals surface area contributed by atoms with Gasteiger partial charge in [-0.2, -0.15) is 5.10 Å². The summed E-state index contributed by atoms with van der Waals surface area (Å²) in [4.78, 5) is 12.4. The van der Waals surface area contributed by atoms with Gasteiger partial charge < -0.3 is 10.1 Å². The van der Waals surface area contributed by atoms with Gasteiger partial charge in [-0.15, -0.1) is 0 Å². The summed E-state index contributed by atoms with van der Waals surface area (Å²) in [7, 11) is 1.87. The first-order valence-corrected chi connectivity index (χ1v) is 8.44. The molecule has 5 nitrogen and oxygen atoms in total. The van der Waals surface area contributed by atoms with Crippen molar-refractivity contribution in [1.82, 2.24) is 15.1 Å². The zero-order valence-electron chi connectivity index (χ0n) is 14.7. The third-order valence-electron chi connectivity index (χ3n) is 4.87. The third kappa shape index (κ3) is 3.45. The molecule has 1 saturated carbocycles. The van der Waals surface area contributed by atoms with Gasteiger partial charge in [-0.1, -0.05) is 37.3 Å². The second-order valence-corrected chi connectivity index (χ2v) is 6.74. The van der Waals surface area contributed by atoms with Crippen LogP contribution in [0.2, 0.25) is 0 Å². The molecule has 1 fully saturated rings. The highest BCUT2D eigenvalue weighted by Crippen LogP contribution is 2.46. The molecule has 3 rings (SSSR count). The summed E-state index contributed by atoms with van der Waals surface area (Å²) in [5, 5.41) is 7.46. The number of aryl methyl sites for hydroxylation is 2. The van der Waals surface area contributed by atoms with Crippen molar-refractivity contribution in [3.8, 4) is 5.75 Å². The molecule has 0 bridgehead atoms. The molecule has 1 heterocycles. The van der Waals surface area contributed by atoms with Crippen LogP contribution in [0.5, 0.6) is 5.75 Å². The monoisotopic (exact) mass is 327 g/mol. The van der Waals surface area contributed by atoms with Crippen molar-refractivity contribution >= 4 is 5.91 Å². The summed E-state index contributed by atoms with van der Waals surface area (Å²) < 4.78 is 7.48. The molecule has 0 saturated heterocycles. The minimum absolute atomic E-state index is 0.0117. The average molecular weight is 327 g/mol. The number of aromatic nitrogens is 2. The van der Waals surface area contributed by atoms with E-state index in [9.17, 15) is 4.79 Å². The molecule has 0 spiro atoms. The molecule has 1 aliphatic carbocycles. The number of rotatable bonds is 6. The Morgan fingerprint density at radius 3 is 2.58 bits per heavy atom. The third-order valence-corrected chi connectivity index (χ3v) is 4.87. The number of hydrogen-bond donors (Lipinski definition) is 1. The highest BCUT2D eigenvalue weighted by molar-refractivity contribution is 5.78. The molecule has 0 radical (unpaired) electrons. The Morgan fingerprint density at radius 1 is 1.38 bits per heavy atom. The smallest absolute Gasteiger partial charge is 0.258 e. The lowest BCUT2D eigenvalue weighted by atomic mass is 10.0. The molecule has 1 amide bonds. The van der Waals surface area contributed by atoms with E-state index in [4.69, 9.17) is 4.74 Å². The summed E-state index contributed by atoms with van der Waals surface area (Å²) in [5.41, 5.74) is 2.89. The van der Waals surface area contributed by atoms with Crippen LogP contribution in [-0.2, 0) is 11.8 Å². The second kappa shape index (κ2) is 6.67. The first-order valence-electron chi connectivity index (χ1n) is 8.44. The Kier molecular flexibility index (Phi) is 4.60. The van der Waals surface area contributed by atoms with E-state index in [-0.39, 0.29) is 18.6 Å². The highest BCUT2D eigenvalue weighted by Gasteiger charge is 2.40.